The second-order valence-corrected chi connectivity index (χ2v) is 6.25. The predicted molar refractivity (Wildman–Crippen MR) is 87.7 cm³/mol. The lowest BCUT2D eigenvalue weighted by molar-refractivity contribution is -0.384. The maximum atomic E-state index is 13.4. The number of ketones is 1. The van der Waals surface area contributed by atoms with E-state index in [1.54, 1.807) is 0 Å². The maximum Gasteiger partial charge on any atom is 0.313 e. The van der Waals surface area contributed by atoms with Crippen LogP contribution in [-0.4, -0.2) is 34.8 Å². The fourth-order valence-electron chi connectivity index (χ4n) is 2.78. The lowest BCUT2D eigenvalue weighted by Crippen LogP contribution is -2.64. The molecule has 2 rings (SSSR count). The highest BCUT2D eigenvalue weighted by Gasteiger charge is 2.47. The van der Waals surface area contributed by atoms with Crippen LogP contribution in [0.2, 0.25) is 0 Å². The number of hydrogen-bond acceptors (Lipinski definition) is 6. The molecule has 0 spiro atoms. The van der Waals surface area contributed by atoms with Crippen molar-refractivity contribution in [1.29, 1.82) is 0 Å². The zero-order chi connectivity index (χ0) is 19.4. The van der Waals surface area contributed by atoms with Gasteiger partial charge in [-0.15, -0.1) is 0 Å². The van der Waals surface area contributed by atoms with E-state index in [0.717, 1.165) is 0 Å². The molecule has 1 aliphatic heterocycles. The molecule has 1 N–H and O–H groups in total. The number of amides is 1. The molecule has 140 valence electrons. The molecule has 26 heavy (non-hydrogen) atoms. The Kier molecular flexibility index (Phi) is 6.01. The van der Waals surface area contributed by atoms with Gasteiger partial charge in [0.05, 0.1) is 16.9 Å². The molecule has 8 nitrogen and oxygen atoms in total. The summed E-state index contributed by atoms with van der Waals surface area (Å²) in [5.41, 5.74) is 0.463. The third kappa shape index (κ3) is 4.41. The van der Waals surface area contributed by atoms with Crippen LogP contribution >= 0.6 is 0 Å². The summed E-state index contributed by atoms with van der Waals surface area (Å²) in [5, 5.41) is 13.1. The molecule has 1 aliphatic rings. The van der Waals surface area contributed by atoms with Gasteiger partial charge in [0.15, 0.2) is 0 Å². The highest BCUT2D eigenvalue weighted by molar-refractivity contribution is 5.98. The van der Waals surface area contributed by atoms with Crippen molar-refractivity contribution in [3.05, 3.63) is 39.9 Å². The number of nitrogens with one attached hydrogen (secondary N) is 1. The first-order valence-corrected chi connectivity index (χ1v) is 8.06. The minimum absolute atomic E-state index is 0.0803. The predicted octanol–water partition coefficient (Wildman–Crippen LogP) is 1.71. The molecule has 0 radical (unpaired) electrons. The molecule has 1 fully saturated rings. The minimum Gasteiger partial charge on any atom is -0.460 e. The smallest absolute Gasteiger partial charge is 0.313 e. The molecular weight excluding hydrogens is 347 g/mol. The molecular formula is C17H19FN2O6. The molecule has 0 aromatic heterocycles. The van der Waals surface area contributed by atoms with Gasteiger partial charge in [-0.2, -0.15) is 0 Å². The summed E-state index contributed by atoms with van der Waals surface area (Å²) in [6, 6.07) is 4.85. The zero-order valence-electron chi connectivity index (χ0n) is 14.3. The molecule has 0 aliphatic carbocycles. The number of rotatable bonds is 8. The van der Waals surface area contributed by atoms with Crippen molar-refractivity contribution in [2.75, 3.05) is 0 Å². The van der Waals surface area contributed by atoms with E-state index in [0.29, 0.717) is 5.56 Å². The second kappa shape index (κ2) is 8.03. The van der Waals surface area contributed by atoms with E-state index in [9.17, 15) is 28.9 Å². The summed E-state index contributed by atoms with van der Waals surface area (Å²) in [6.07, 6.45) is -1.87. The molecule has 1 heterocycles. The number of alkyl halides is 1. The first-order valence-electron chi connectivity index (χ1n) is 8.06. The molecule has 4 atom stereocenters. The Bertz CT molecular complexity index is 718. The Morgan fingerprint density at radius 2 is 1.92 bits per heavy atom. The fraction of sp³-hybridized carbons (Fsp3) is 0.471. The van der Waals surface area contributed by atoms with Crippen molar-refractivity contribution in [2.24, 2.45) is 11.8 Å². The van der Waals surface area contributed by atoms with Crippen molar-refractivity contribution in [3.63, 3.8) is 0 Å². The highest BCUT2D eigenvalue weighted by atomic mass is 19.1. The first-order chi connectivity index (χ1) is 12.2. The number of Topliss-reactive ketones (excluding diaryl/α,β-unsaturated/α-hetero) is 1. The van der Waals surface area contributed by atoms with Gasteiger partial charge in [-0.3, -0.25) is 24.5 Å². The zero-order valence-corrected chi connectivity index (χ0v) is 14.3. The van der Waals surface area contributed by atoms with Crippen molar-refractivity contribution in [1.82, 2.24) is 5.32 Å². The van der Waals surface area contributed by atoms with Crippen molar-refractivity contribution < 1.29 is 28.4 Å². The number of nitrogens with zero attached hydrogens (tertiary/aromatic N) is 1. The maximum absolute atomic E-state index is 13.4. The molecule has 0 bridgehead atoms. The fourth-order valence-corrected chi connectivity index (χ4v) is 2.78. The molecule has 0 unspecified atom stereocenters. The van der Waals surface area contributed by atoms with E-state index in [-0.39, 0.29) is 12.3 Å². The van der Waals surface area contributed by atoms with Gasteiger partial charge in [0.1, 0.15) is 25.0 Å². The molecule has 0 saturated carbocycles. The lowest BCUT2D eigenvalue weighted by atomic mass is 9.77. The van der Waals surface area contributed by atoms with Crippen LogP contribution in [-0.2, 0) is 25.7 Å². The number of ether oxygens (including phenoxy) is 1. The molecule has 9 heteroatoms. The van der Waals surface area contributed by atoms with E-state index in [4.69, 9.17) is 4.74 Å². The number of hydrogen-bond donors (Lipinski definition) is 1. The standard InChI is InChI=1S/C17H19FN2O6/c1-9(16-15(10(2)18)17(23)19-16)13(21)7-14(22)26-8-11-3-5-12(6-4-11)20(24)25/h3-6,9-10,15-16H,7-8H2,1-2H3,(H,19,23)/t9-,10+,15+,16+/m0/s1. The van der Waals surface area contributed by atoms with E-state index in [1.807, 2.05) is 0 Å². The summed E-state index contributed by atoms with van der Waals surface area (Å²) in [4.78, 5) is 45.3. The third-order valence-corrected chi connectivity index (χ3v) is 4.41. The number of benzene rings is 1. The Balaban J connectivity index is 1.82. The van der Waals surface area contributed by atoms with Crippen LogP contribution in [0, 0.1) is 22.0 Å². The first kappa shape index (κ1) is 19.5. The van der Waals surface area contributed by atoms with Crippen LogP contribution < -0.4 is 5.32 Å². The molecule has 1 aromatic carbocycles. The van der Waals surface area contributed by atoms with Crippen molar-refractivity contribution in [3.8, 4) is 0 Å². The van der Waals surface area contributed by atoms with Gasteiger partial charge in [-0.25, -0.2) is 4.39 Å². The van der Waals surface area contributed by atoms with Gasteiger partial charge in [-0.05, 0) is 24.6 Å². The topological polar surface area (TPSA) is 116 Å². The van der Waals surface area contributed by atoms with Gasteiger partial charge in [0, 0.05) is 18.1 Å². The van der Waals surface area contributed by atoms with Crippen molar-refractivity contribution in [2.45, 2.75) is 39.1 Å². The quantitative estimate of drug-likeness (QED) is 0.246. The summed E-state index contributed by atoms with van der Waals surface area (Å²) >= 11 is 0. The van der Waals surface area contributed by atoms with Gasteiger partial charge in [-0.1, -0.05) is 6.92 Å². The van der Waals surface area contributed by atoms with Gasteiger partial charge in [0.2, 0.25) is 5.91 Å². The lowest BCUT2D eigenvalue weighted by Gasteiger charge is -2.40. The van der Waals surface area contributed by atoms with E-state index in [1.165, 1.54) is 38.1 Å². The Morgan fingerprint density at radius 1 is 1.31 bits per heavy atom. The summed E-state index contributed by atoms with van der Waals surface area (Å²) in [7, 11) is 0. The number of nitro groups is 1. The van der Waals surface area contributed by atoms with E-state index in [2.05, 4.69) is 5.32 Å². The molecule has 1 aromatic rings. The minimum atomic E-state index is -1.38. The molecule has 1 amide bonds. The summed E-state index contributed by atoms with van der Waals surface area (Å²) in [5.74, 6) is -3.23. The monoisotopic (exact) mass is 366 g/mol. The summed E-state index contributed by atoms with van der Waals surface area (Å²) in [6.45, 7) is 2.67. The number of nitro benzene ring substituents is 1. The number of carbonyl (C=O) groups is 3. The van der Waals surface area contributed by atoms with Crippen LogP contribution in [0.5, 0.6) is 0 Å². The number of halogens is 1. The van der Waals surface area contributed by atoms with Crippen LogP contribution in [0.25, 0.3) is 0 Å². The highest BCUT2D eigenvalue weighted by Crippen LogP contribution is 2.28. The van der Waals surface area contributed by atoms with E-state index < -0.39 is 53.1 Å². The second-order valence-electron chi connectivity index (χ2n) is 6.25. The number of esters is 1. The normalized spacial score (nSPS) is 21.1. The van der Waals surface area contributed by atoms with Crippen LogP contribution in [0.4, 0.5) is 10.1 Å². The Hall–Kier alpha value is -2.84. The Morgan fingerprint density at radius 3 is 2.42 bits per heavy atom. The number of β-lactam (4-membered cyclic amide) rings is 1. The van der Waals surface area contributed by atoms with E-state index >= 15 is 0 Å². The average Bonchev–Trinajstić information content (AvgIpc) is 2.56. The number of carbonyl (C=O) groups excluding carboxylic acids is 3. The van der Waals surface area contributed by atoms with Gasteiger partial charge >= 0.3 is 5.97 Å². The largest absolute Gasteiger partial charge is 0.460 e. The van der Waals surface area contributed by atoms with Crippen LogP contribution in [0.1, 0.15) is 25.8 Å². The van der Waals surface area contributed by atoms with Crippen molar-refractivity contribution >= 4 is 23.3 Å². The SMILES string of the molecule is C[C@@H](F)[C@H]1C(=O)N[C@@H]1[C@@H](C)C(=O)CC(=O)OCc1ccc([N+](=O)[O-])cc1. The van der Waals surface area contributed by atoms with Gasteiger partial charge in [0.25, 0.3) is 5.69 Å². The molecule has 1 saturated heterocycles. The van der Waals surface area contributed by atoms with Crippen LogP contribution in [0.3, 0.4) is 0 Å². The van der Waals surface area contributed by atoms with Crippen LogP contribution in [0.15, 0.2) is 24.3 Å². The average molecular weight is 366 g/mol. The number of non-ortho nitro benzene ring substituents is 1. The third-order valence-electron chi connectivity index (χ3n) is 4.41. The van der Waals surface area contributed by atoms with Gasteiger partial charge < -0.3 is 10.1 Å². The Labute approximate surface area is 148 Å². The summed E-state index contributed by atoms with van der Waals surface area (Å²) < 4.78 is 18.4.